The summed E-state index contributed by atoms with van der Waals surface area (Å²) in [6.45, 7) is 1.61. The van der Waals surface area contributed by atoms with E-state index in [1.807, 2.05) is 41.1 Å². The number of carbonyl (C=O) groups is 1. The van der Waals surface area contributed by atoms with Crippen molar-refractivity contribution in [1.82, 2.24) is 9.78 Å². The van der Waals surface area contributed by atoms with Crippen LogP contribution in [0, 0.1) is 0 Å². The van der Waals surface area contributed by atoms with Crippen LogP contribution in [0.15, 0.2) is 42.6 Å². The van der Waals surface area contributed by atoms with E-state index in [1.54, 1.807) is 13.1 Å². The van der Waals surface area contributed by atoms with Crippen LogP contribution in [0.5, 0.6) is 0 Å². The number of ketones is 1. The third kappa shape index (κ3) is 2.37. The van der Waals surface area contributed by atoms with Crippen molar-refractivity contribution in [2.24, 2.45) is 0 Å². The summed E-state index contributed by atoms with van der Waals surface area (Å²) in [4.78, 5) is 11.0. The first kappa shape index (κ1) is 10.6. The van der Waals surface area contributed by atoms with Crippen molar-refractivity contribution >= 4 is 5.78 Å². The van der Waals surface area contributed by atoms with Crippen LogP contribution in [0.1, 0.15) is 19.0 Å². The van der Waals surface area contributed by atoms with Gasteiger partial charge in [-0.15, -0.1) is 0 Å². The molecule has 16 heavy (non-hydrogen) atoms. The van der Waals surface area contributed by atoms with Crippen LogP contribution in [0.3, 0.4) is 0 Å². The Morgan fingerprint density at radius 1 is 1.25 bits per heavy atom. The average molecular weight is 214 g/mol. The maximum atomic E-state index is 11.0. The fourth-order valence-electron chi connectivity index (χ4n) is 1.63. The van der Waals surface area contributed by atoms with Crippen molar-refractivity contribution in [3.63, 3.8) is 0 Å². The molecule has 0 aliphatic carbocycles. The van der Waals surface area contributed by atoms with Crippen LogP contribution >= 0.6 is 0 Å². The molecule has 3 heteroatoms. The van der Waals surface area contributed by atoms with Crippen molar-refractivity contribution < 1.29 is 4.79 Å². The topological polar surface area (TPSA) is 34.9 Å². The predicted molar refractivity (Wildman–Crippen MR) is 62.6 cm³/mol. The fraction of sp³-hybridized carbons (Fsp3) is 0.231. The Kier molecular flexibility index (Phi) is 3.15. The highest BCUT2D eigenvalue weighted by Crippen LogP contribution is 2.11. The molecule has 0 bridgehead atoms. The first-order chi connectivity index (χ1) is 7.77. The number of hydrogen-bond acceptors (Lipinski definition) is 2. The highest BCUT2D eigenvalue weighted by molar-refractivity contribution is 5.75. The maximum absolute atomic E-state index is 11.0. The molecule has 1 heterocycles. The largest absolute Gasteiger partial charge is 0.300 e. The molecular formula is C13H14N2O. The zero-order valence-corrected chi connectivity index (χ0v) is 9.26. The SMILES string of the molecule is CC(=O)CCc1ccnn1-c1ccccc1. The van der Waals surface area contributed by atoms with E-state index >= 15 is 0 Å². The van der Waals surface area contributed by atoms with Gasteiger partial charge < -0.3 is 4.79 Å². The van der Waals surface area contributed by atoms with Crippen LogP contribution in [0.2, 0.25) is 0 Å². The molecule has 0 saturated heterocycles. The van der Waals surface area contributed by atoms with Crippen molar-refractivity contribution in [3.8, 4) is 5.69 Å². The van der Waals surface area contributed by atoms with Gasteiger partial charge in [0.15, 0.2) is 0 Å². The van der Waals surface area contributed by atoms with Gasteiger partial charge in [-0.25, -0.2) is 4.68 Å². The minimum absolute atomic E-state index is 0.209. The third-order valence-corrected chi connectivity index (χ3v) is 2.46. The molecule has 0 atom stereocenters. The Morgan fingerprint density at radius 2 is 2.00 bits per heavy atom. The van der Waals surface area contributed by atoms with Gasteiger partial charge in [-0.05, 0) is 31.5 Å². The molecule has 1 aromatic heterocycles. The molecule has 2 aromatic rings. The molecule has 2 rings (SSSR count). The summed E-state index contributed by atoms with van der Waals surface area (Å²) in [5.41, 5.74) is 2.10. The van der Waals surface area contributed by atoms with Crippen LogP contribution < -0.4 is 0 Å². The summed E-state index contributed by atoms with van der Waals surface area (Å²) in [5.74, 6) is 0.209. The van der Waals surface area contributed by atoms with E-state index in [0.29, 0.717) is 6.42 Å². The number of nitrogens with zero attached hydrogens (tertiary/aromatic N) is 2. The number of rotatable bonds is 4. The van der Waals surface area contributed by atoms with Crippen molar-refractivity contribution in [2.75, 3.05) is 0 Å². The molecule has 0 spiro atoms. The lowest BCUT2D eigenvalue weighted by atomic mass is 10.2. The summed E-state index contributed by atoms with van der Waals surface area (Å²) in [6.07, 6.45) is 3.07. The second-order valence-electron chi connectivity index (χ2n) is 3.77. The normalized spacial score (nSPS) is 10.3. The Balaban J connectivity index is 2.23. The molecule has 1 aromatic carbocycles. The Morgan fingerprint density at radius 3 is 2.69 bits per heavy atom. The number of benzene rings is 1. The molecule has 0 N–H and O–H groups in total. The number of Topliss-reactive ketones (excluding diaryl/α,β-unsaturated/α-hetero) is 1. The summed E-state index contributed by atoms with van der Waals surface area (Å²) in [6, 6.07) is 11.9. The lowest BCUT2D eigenvalue weighted by Crippen LogP contribution is -2.03. The van der Waals surface area contributed by atoms with E-state index in [4.69, 9.17) is 0 Å². The third-order valence-electron chi connectivity index (χ3n) is 2.46. The number of carbonyl (C=O) groups excluding carboxylic acids is 1. The standard InChI is InChI=1S/C13H14N2O/c1-11(16)7-8-13-9-10-14-15(13)12-5-3-2-4-6-12/h2-6,9-10H,7-8H2,1H3. The second-order valence-corrected chi connectivity index (χ2v) is 3.77. The number of aromatic nitrogens is 2. The molecule has 0 amide bonds. The van der Waals surface area contributed by atoms with Crippen LogP contribution in [0.4, 0.5) is 0 Å². The number of hydrogen-bond donors (Lipinski definition) is 0. The molecule has 0 unspecified atom stereocenters. The molecule has 82 valence electrons. The van der Waals surface area contributed by atoms with E-state index in [9.17, 15) is 4.79 Å². The fourth-order valence-corrected chi connectivity index (χ4v) is 1.63. The minimum Gasteiger partial charge on any atom is -0.300 e. The Labute approximate surface area is 94.7 Å². The lowest BCUT2D eigenvalue weighted by molar-refractivity contribution is -0.117. The van der Waals surface area contributed by atoms with Crippen molar-refractivity contribution in [1.29, 1.82) is 0 Å². The maximum Gasteiger partial charge on any atom is 0.130 e. The molecule has 0 fully saturated rings. The monoisotopic (exact) mass is 214 g/mol. The first-order valence-corrected chi connectivity index (χ1v) is 5.35. The summed E-state index contributed by atoms with van der Waals surface area (Å²) < 4.78 is 1.88. The average Bonchev–Trinajstić information content (AvgIpc) is 2.75. The first-order valence-electron chi connectivity index (χ1n) is 5.35. The molecule has 0 saturated carbocycles. The van der Waals surface area contributed by atoms with Gasteiger partial charge in [0.2, 0.25) is 0 Å². The van der Waals surface area contributed by atoms with Crippen LogP contribution in [0.25, 0.3) is 5.69 Å². The van der Waals surface area contributed by atoms with Crippen LogP contribution in [-0.4, -0.2) is 15.6 Å². The number of aryl methyl sites for hydroxylation is 1. The molecule has 0 aliphatic heterocycles. The van der Waals surface area contributed by atoms with Gasteiger partial charge in [0.1, 0.15) is 5.78 Å². The van der Waals surface area contributed by atoms with Gasteiger partial charge in [-0.2, -0.15) is 5.10 Å². The van der Waals surface area contributed by atoms with Gasteiger partial charge in [0, 0.05) is 18.3 Å². The second kappa shape index (κ2) is 4.75. The highest BCUT2D eigenvalue weighted by atomic mass is 16.1. The zero-order chi connectivity index (χ0) is 11.4. The molecule has 3 nitrogen and oxygen atoms in total. The van der Waals surface area contributed by atoms with Gasteiger partial charge >= 0.3 is 0 Å². The molecule has 0 aliphatic rings. The summed E-state index contributed by atoms with van der Waals surface area (Å²) in [5, 5.41) is 4.27. The summed E-state index contributed by atoms with van der Waals surface area (Å²) >= 11 is 0. The van der Waals surface area contributed by atoms with E-state index < -0.39 is 0 Å². The number of para-hydroxylation sites is 1. The minimum atomic E-state index is 0.209. The van der Waals surface area contributed by atoms with Gasteiger partial charge in [-0.1, -0.05) is 18.2 Å². The summed E-state index contributed by atoms with van der Waals surface area (Å²) in [7, 11) is 0. The van der Waals surface area contributed by atoms with Gasteiger partial charge in [0.05, 0.1) is 5.69 Å². The van der Waals surface area contributed by atoms with E-state index in [-0.39, 0.29) is 5.78 Å². The highest BCUT2D eigenvalue weighted by Gasteiger charge is 2.05. The van der Waals surface area contributed by atoms with E-state index in [1.165, 1.54) is 0 Å². The smallest absolute Gasteiger partial charge is 0.130 e. The Hall–Kier alpha value is -1.90. The van der Waals surface area contributed by atoms with Crippen molar-refractivity contribution in [3.05, 3.63) is 48.3 Å². The van der Waals surface area contributed by atoms with Gasteiger partial charge in [-0.3, -0.25) is 0 Å². The van der Waals surface area contributed by atoms with Crippen molar-refractivity contribution in [2.45, 2.75) is 19.8 Å². The van der Waals surface area contributed by atoms with Crippen LogP contribution in [-0.2, 0) is 11.2 Å². The Bertz CT molecular complexity index is 474. The van der Waals surface area contributed by atoms with Gasteiger partial charge in [0.25, 0.3) is 0 Å². The molecule has 0 radical (unpaired) electrons. The van der Waals surface area contributed by atoms with E-state index in [0.717, 1.165) is 17.8 Å². The van der Waals surface area contributed by atoms with E-state index in [2.05, 4.69) is 5.10 Å². The lowest BCUT2D eigenvalue weighted by Gasteiger charge is -2.06. The molecular weight excluding hydrogens is 200 g/mol. The predicted octanol–water partition coefficient (Wildman–Crippen LogP) is 2.39. The quantitative estimate of drug-likeness (QED) is 0.783. The zero-order valence-electron chi connectivity index (χ0n) is 9.26.